The Labute approximate surface area is 240 Å². The second kappa shape index (κ2) is 12.1. The van der Waals surface area contributed by atoms with E-state index in [0.29, 0.717) is 53.8 Å². The van der Waals surface area contributed by atoms with Gasteiger partial charge in [0, 0.05) is 30.3 Å². The molecule has 0 unspecified atom stereocenters. The number of hydrogen-bond donors (Lipinski definition) is 2. The summed E-state index contributed by atoms with van der Waals surface area (Å²) in [6.07, 6.45) is 5.77. The van der Waals surface area contributed by atoms with Gasteiger partial charge in [-0.2, -0.15) is 4.57 Å². The highest BCUT2D eigenvalue weighted by Crippen LogP contribution is 2.41. The van der Waals surface area contributed by atoms with Crippen molar-refractivity contribution in [3.05, 3.63) is 107 Å². The Morgan fingerprint density at radius 2 is 1.68 bits per heavy atom. The number of hydrogen-bond acceptors (Lipinski definition) is 7. The maximum atomic E-state index is 12.5. The third-order valence-corrected chi connectivity index (χ3v) is 7.53. The van der Waals surface area contributed by atoms with Crippen molar-refractivity contribution in [1.29, 1.82) is 0 Å². The molecule has 0 spiro atoms. The fourth-order valence-corrected chi connectivity index (χ4v) is 5.41. The van der Waals surface area contributed by atoms with Gasteiger partial charge in [-0.05, 0) is 37.3 Å². The molecule has 9 nitrogen and oxygen atoms in total. The van der Waals surface area contributed by atoms with Gasteiger partial charge in [-0.15, -0.1) is 0 Å². The lowest BCUT2D eigenvalue weighted by molar-refractivity contribution is -0.677. The maximum absolute atomic E-state index is 12.5. The predicted molar refractivity (Wildman–Crippen MR) is 155 cm³/mol. The molecule has 0 amide bonds. The Hall–Kier alpha value is -4.83. The lowest BCUT2D eigenvalue weighted by Crippen LogP contribution is -2.35. The highest BCUT2D eigenvalue weighted by atomic mass is 32.2. The predicted octanol–water partition coefficient (Wildman–Crippen LogP) is 5.85. The van der Waals surface area contributed by atoms with E-state index >= 15 is 0 Å². The second-order valence-corrected chi connectivity index (χ2v) is 10.1. The van der Waals surface area contributed by atoms with Gasteiger partial charge in [-0.3, -0.25) is 4.79 Å². The number of oxazole rings is 1. The Kier molecular flexibility index (Phi) is 8.21. The summed E-state index contributed by atoms with van der Waals surface area (Å²) in [6, 6.07) is 19.0. The molecule has 3 aromatic carbocycles. The van der Waals surface area contributed by atoms with Crippen LogP contribution in [-0.4, -0.2) is 39.6 Å². The van der Waals surface area contributed by atoms with Crippen LogP contribution in [0.5, 0.6) is 5.75 Å². The first-order valence-electron chi connectivity index (χ1n) is 13.0. The Morgan fingerprint density at radius 1 is 0.951 bits per heavy atom. The minimum Gasteiger partial charge on any atom is -0.478 e. The van der Waals surface area contributed by atoms with E-state index in [4.69, 9.17) is 9.15 Å². The molecule has 2 N–H and O–H groups in total. The zero-order valence-electron chi connectivity index (χ0n) is 22.1. The smallest absolute Gasteiger partial charge is 0.374 e. The number of allylic oxidation sites excluding steroid dienone is 2. The number of nitrogens with zero attached hydrogens (tertiary/aromatic N) is 2. The number of carbonyl (C=O) groups is 3. The van der Waals surface area contributed by atoms with Crippen LogP contribution in [0, 0.1) is 0 Å². The number of para-hydroxylation sites is 2. The van der Waals surface area contributed by atoms with Crippen LogP contribution in [-0.2, 0) is 6.54 Å². The first-order valence-corrected chi connectivity index (χ1v) is 14.0. The number of carboxylic acid groups (broad SMARTS) is 2. The molecule has 10 heteroatoms. The largest absolute Gasteiger partial charge is 0.478 e. The van der Waals surface area contributed by atoms with Crippen LogP contribution in [0.4, 0.5) is 5.69 Å². The molecule has 0 radical (unpaired) electrons. The molecule has 41 heavy (non-hydrogen) atoms. The fourth-order valence-electron chi connectivity index (χ4n) is 4.65. The molecule has 0 fully saturated rings. The third kappa shape index (κ3) is 5.73. The van der Waals surface area contributed by atoms with Gasteiger partial charge in [0.15, 0.2) is 12.3 Å². The lowest BCUT2D eigenvalue weighted by Gasteiger charge is -2.14. The van der Waals surface area contributed by atoms with E-state index in [2.05, 4.69) is 0 Å². The molecule has 0 aliphatic carbocycles. The number of aromatic carboxylic acids is 2. The summed E-state index contributed by atoms with van der Waals surface area (Å²) in [6.45, 7) is 2.98. The molecule has 0 saturated carbocycles. The quantitative estimate of drug-likeness (QED) is 0.178. The van der Waals surface area contributed by atoms with E-state index in [1.165, 1.54) is 23.9 Å². The van der Waals surface area contributed by atoms with Crippen molar-refractivity contribution in [2.45, 2.75) is 19.9 Å². The van der Waals surface area contributed by atoms with Crippen molar-refractivity contribution in [3.8, 4) is 5.75 Å². The van der Waals surface area contributed by atoms with E-state index in [-0.39, 0.29) is 27.6 Å². The minimum absolute atomic E-state index is 0.00310. The van der Waals surface area contributed by atoms with Gasteiger partial charge in [0.2, 0.25) is 16.6 Å². The summed E-state index contributed by atoms with van der Waals surface area (Å²) in [5.41, 5.74) is 2.33. The first kappa shape index (κ1) is 27.7. The van der Waals surface area contributed by atoms with Crippen LogP contribution in [0.2, 0.25) is 0 Å². The molecule has 1 aliphatic rings. The fraction of sp³-hybridized carbons (Fsp3) is 0.161. The van der Waals surface area contributed by atoms with Crippen LogP contribution >= 0.6 is 11.8 Å². The number of fused-ring (bicyclic) bond motifs is 2. The highest BCUT2D eigenvalue weighted by molar-refractivity contribution is 8.14. The van der Waals surface area contributed by atoms with Gasteiger partial charge in [0.1, 0.15) is 11.1 Å². The minimum atomic E-state index is -1.09. The van der Waals surface area contributed by atoms with Crippen LogP contribution in [0.25, 0.3) is 17.2 Å². The van der Waals surface area contributed by atoms with Crippen molar-refractivity contribution in [2.24, 2.45) is 0 Å². The third-order valence-electron chi connectivity index (χ3n) is 6.54. The number of rotatable bonds is 10. The summed E-state index contributed by atoms with van der Waals surface area (Å²) in [5.74, 6) is -0.428. The van der Waals surface area contributed by atoms with Crippen LogP contribution < -0.4 is 14.2 Å². The van der Waals surface area contributed by atoms with E-state index in [9.17, 15) is 24.6 Å². The molecule has 0 saturated heterocycles. The van der Waals surface area contributed by atoms with Gasteiger partial charge < -0.3 is 24.3 Å². The van der Waals surface area contributed by atoms with Crippen molar-refractivity contribution in [2.75, 3.05) is 17.2 Å². The van der Waals surface area contributed by atoms with Gasteiger partial charge in [-0.25, -0.2) is 9.59 Å². The molecule has 0 atom stereocenters. The zero-order chi connectivity index (χ0) is 28.9. The number of ether oxygens (including phenoxy) is 1. The molecular formula is C31H27N2O7S+. The van der Waals surface area contributed by atoms with E-state index in [1.54, 1.807) is 54.6 Å². The average molecular weight is 572 g/mol. The van der Waals surface area contributed by atoms with Crippen LogP contribution in [0.3, 0.4) is 0 Å². The molecular weight excluding hydrogens is 544 g/mol. The van der Waals surface area contributed by atoms with Crippen molar-refractivity contribution < 1.29 is 38.3 Å². The van der Waals surface area contributed by atoms with Crippen molar-refractivity contribution in [3.63, 3.8) is 0 Å². The average Bonchev–Trinajstić information content (AvgIpc) is 3.52. The molecule has 1 aliphatic heterocycles. The topological polar surface area (TPSA) is 121 Å². The molecule has 2 heterocycles. The molecule has 1 aromatic heterocycles. The summed E-state index contributed by atoms with van der Waals surface area (Å²) in [4.78, 5) is 37.8. The first-order chi connectivity index (χ1) is 19.9. The molecule has 5 rings (SSSR count). The van der Waals surface area contributed by atoms with Crippen molar-refractivity contribution in [1.82, 2.24) is 0 Å². The molecule has 208 valence electrons. The Balaban J connectivity index is 1.39. The monoisotopic (exact) mass is 571 g/mol. The summed E-state index contributed by atoms with van der Waals surface area (Å²) >= 11 is 1.24. The number of carbonyl (C=O) groups excluding carboxylic acids is 1. The maximum Gasteiger partial charge on any atom is 0.374 e. The standard InChI is InChI=1S/C31H26N2O7S/c1-2-32-23-14-6-12-21(29(34)35)27(23)39-25(32)16-8-17-26-33(24-15-7-13-22(30(36)37)28(24)40-26)18-9-19-41-31(38)20-10-4-3-5-11-20/h3-8,10-17H,2,9,18-19H2,1H3,(H-,34,35,36,37)/p+1. The van der Waals surface area contributed by atoms with Gasteiger partial charge in [0.05, 0.1) is 11.8 Å². The highest BCUT2D eigenvalue weighted by Gasteiger charge is 2.29. The summed E-state index contributed by atoms with van der Waals surface area (Å²) in [5, 5.41) is 19.2. The molecule has 4 aromatic rings. The van der Waals surface area contributed by atoms with E-state index in [0.717, 1.165) is 0 Å². The Morgan fingerprint density at radius 3 is 2.41 bits per heavy atom. The number of carboxylic acids is 2. The number of aromatic nitrogens is 1. The van der Waals surface area contributed by atoms with Gasteiger partial charge in [0.25, 0.3) is 5.52 Å². The normalized spacial score (nSPS) is 13.6. The van der Waals surface area contributed by atoms with Gasteiger partial charge >= 0.3 is 17.8 Å². The van der Waals surface area contributed by atoms with E-state index < -0.39 is 11.9 Å². The van der Waals surface area contributed by atoms with Crippen LogP contribution in [0.15, 0.2) is 89.2 Å². The second-order valence-electron chi connectivity index (χ2n) is 9.08. The molecule has 0 bridgehead atoms. The SMILES string of the molecule is CCN1/C(=C\C=C\c2oc3c(C(=O)O)cccc3[n+]2CCCSC(=O)c2ccccc2)Oc2c(C(=O)O)cccc21. The van der Waals surface area contributed by atoms with Gasteiger partial charge in [-0.1, -0.05) is 54.2 Å². The van der Waals surface area contributed by atoms with E-state index in [1.807, 2.05) is 34.6 Å². The zero-order valence-corrected chi connectivity index (χ0v) is 23.0. The lowest BCUT2D eigenvalue weighted by atomic mass is 10.1. The number of benzene rings is 3. The number of aryl methyl sites for hydroxylation is 1. The number of thioether (sulfide) groups is 1. The van der Waals surface area contributed by atoms with Crippen LogP contribution in [0.1, 0.15) is 50.3 Å². The number of anilines is 1. The Bertz CT molecular complexity index is 1690. The summed E-state index contributed by atoms with van der Waals surface area (Å²) in [7, 11) is 0. The van der Waals surface area contributed by atoms with Crippen molar-refractivity contribution >= 4 is 51.7 Å². The summed E-state index contributed by atoms with van der Waals surface area (Å²) < 4.78 is 13.8.